The first-order chi connectivity index (χ1) is 10.3. The second-order valence-corrected chi connectivity index (χ2v) is 4.75. The van der Waals surface area contributed by atoms with E-state index < -0.39 is 16.7 Å². The minimum Gasteiger partial charge on any atom is -0.496 e. The molecule has 8 nitrogen and oxygen atoms in total. The average Bonchev–Trinajstić information content (AvgIpc) is 2.49. The Morgan fingerprint density at radius 1 is 1.41 bits per heavy atom. The third kappa shape index (κ3) is 2.79. The lowest BCUT2D eigenvalue weighted by molar-refractivity contribution is -0.384. The largest absolute Gasteiger partial charge is 0.496 e. The number of non-ortho nitro benzene ring substituents is 1. The maximum Gasteiger partial charge on any atom is 0.270 e. The van der Waals surface area contributed by atoms with E-state index in [4.69, 9.17) is 17.0 Å². The Hall–Kier alpha value is -2.81. The summed E-state index contributed by atoms with van der Waals surface area (Å²) in [6.45, 7) is 0. The highest BCUT2D eigenvalue weighted by Crippen LogP contribution is 2.27. The summed E-state index contributed by atoms with van der Waals surface area (Å²) in [7, 11) is 2.80. The molecule has 9 heteroatoms. The number of amides is 2. The average molecular weight is 321 g/mol. The third-order valence-corrected chi connectivity index (χ3v) is 3.40. The molecule has 0 bridgehead atoms. The van der Waals surface area contributed by atoms with Gasteiger partial charge in [-0.1, -0.05) is 0 Å². The fourth-order valence-corrected chi connectivity index (χ4v) is 2.02. The molecule has 2 rings (SSSR count). The maximum atomic E-state index is 12.1. The molecule has 1 N–H and O–H groups in total. The summed E-state index contributed by atoms with van der Waals surface area (Å²) in [5.41, 5.74) is -0.119. The molecule has 1 heterocycles. The molecular formula is C13H11N3O5S. The van der Waals surface area contributed by atoms with Crippen LogP contribution in [0.15, 0.2) is 23.8 Å². The van der Waals surface area contributed by atoms with E-state index in [0.29, 0.717) is 5.75 Å². The quantitative estimate of drug-likeness (QED) is 0.291. The number of nitrogens with one attached hydrogen (secondary N) is 1. The van der Waals surface area contributed by atoms with Gasteiger partial charge >= 0.3 is 0 Å². The van der Waals surface area contributed by atoms with Crippen LogP contribution < -0.4 is 10.1 Å². The Labute approximate surface area is 130 Å². The molecule has 0 spiro atoms. The summed E-state index contributed by atoms with van der Waals surface area (Å²) in [6.07, 6.45) is 1.24. The van der Waals surface area contributed by atoms with Crippen molar-refractivity contribution in [3.05, 3.63) is 39.4 Å². The van der Waals surface area contributed by atoms with Gasteiger partial charge in [-0.15, -0.1) is 0 Å². The highest BCUT2D eigenvalue weighted by atomic mass is 32.1. The van der Waals surface area contributed by atoms with Crippen molar-refractivity contribution in [2.45, 2.75) is 0 Å². The molecule has 114 valence electrons. The maximum absolute atomic E-state index is 12.1. The number of nitro benzene ring substituents is 1. The van der Waals surface area contributed by atoms with Crippen molar-refractivity contribution < 1.29 is 19.2 Å². The molecule has 1 fully saturated rings. The number of benzene rings is 1. The zero-order chi connectivity index (χ0) is 16.4. The van der Waals surface area contributed by atoms with E-state index in [2.05, 4.69) is 5.32 Å². The first kappa shape index (κ1) is 15.6. The summed E-state index contributed by atoms with van der Waals surface area (Å²) in [5.74, 6) is -0.960. The number of hydrogen-bond acceptors (Lipinski definition) is 6. The summed E-state index contributed by atoms with van der Waals surface area (Å²) in [5, 5.41) is 13.2. The van der Waals surface area contributed by atoms with E-state index in [9.17, 15) is 19.7 Å². The molecule has 0 atom stereocenters. The first-order valence-electron chi connectivity index (χ1n) is 6.02. The molecule has 0 radical (unpaired) electrons. The van der Waals surface area contributed by atoms with Crippen molar-refractivity contribution in [3.63, 3.8) is 0 Å². The van der Waals surface area contributed by atoms with Gasteiger partial charge in [-0.2, -0.15) is 0 Å². The molecule has 0 aromatic heterocycles. The van der Waals surface area contributed by atoms with Crippen LogP contribution in [0.3, 0.4) is 0 Å². The topological polar surface area (TPSA) is 102 Å². The number of carbonyl (C=O) groups is 2. The second-order valence-electron chi connectivity index (χ2n) is 4.36. The lowest BCUT2D eigenvalue weighted by Gasteiger charge is -2.25. The molecule has 1 saturated heterocycles. The van der Waals surface area contributed by atoms with E-state index in [-0.39, 0.29) is 21.9 Å². The predicted octanol–water partition coefficient (Wildman–Crippen LogP) is 0.860. The van der Waals surface area contributed by atoms with Crippen LogP contribution in [0.1, 0.15) is 5.56 Å². The zero-order valence-electron chi connectivity index (χ0n) is 11.7. The van der Waals surface area contributed by atoms with Gasteiger partial charge in [-0.05, 0) is 24.4 Å². The number of likely N-dealkylation sites (N-methyl/N-ethyl adjacent to an activating group) is 1. The molecule has 2 amide bonds. The molecule has 0 aliphatic carbocycles. The Balaban J connectivity index is 2.53. The van der Waals surface area contributed by atoms with Gasteiger partial charge in [0.2, 0.25) is 0 Å². The van der Waals surface area contributed by atoms with E-state index in [1.807, 2.05) is 0 Å². The molecule has 1 aromatic carbocycles. The number of hydrogen-bond donors (Lipinski definition) is 1. The highest BCUT2D eigenvalue weighted by Gasteiger charge is 2.31. The van der Waals surface area contributed by atoms with Gasteiger partial charge in [0.05, 0.1) is 12.0 Å². The smallest absolute Gasteiger partial charge is 0.270 e. The van der Waals surface area contributed by atoms with E-state index >= 15 is 0 Å². The Morgan fingerprint density at radius 2 is 2.09 bits per heavy atom. The fraction of sp³-hybridized carbons (Fsp3) is 0.154. The van der Waals surface area contributed by atoms with E-state index in [1.165, 1.54) is 38.4 Å². The van der Waals surface area contributed by atoms with Gasteiger partial charge in [0.25, 0.3) is 17.5 Å². The van der Waals surface area contributed by atoms with Crippen LogP contribution >= 0.6 is 12.2 Å². The van der Waals surface area contributed by atoms with Crippen LogP contribution in [0, 0.1) is 10.1 Å². The molecule has 1 aliphatic rings. The lowest BCUT2D eigenvalue weighted by atomic mass is 10.1. The lowest BCUT2D eigenvalue weighted by Crippen LogP contribution is -2.52. The van der Waals surface area contributed by atoms with Crippen LogP contribution in [-0.4, -0.2) is 40.9 Å². The Kier molecular flexibility index (Phi) is 4.18. The first-order valence-corrected chi connectivity index (χ1v) is 6.43. The van der Waals surface area contributed by atoms with Gasteiger partial charge < -0.3 is 4.74 Å². The van der Waals surface area contributed by atoms with Gasteiger partial charge in [0, 0.05) is 24.7 Å². The van der Waals surface area contributed by atoms with E-state index in [0.717, 1.165) is 4.90 Å². The van der Waals surface area contributed by atoms with Crippen molar-refractivity contribution in [1.82, 2.24) is 10.2 Å². The highest BCUT2D eigenvalue weighted by molar-refractivity contribution is 7.80. The number of thiocarbonyl (C=S) groups is 1. The Morgan fingerprint density at radius 3 is 2.68 bits per heavy atom. The monoisotopic (exact) mass is 321 g/mol. The van der Waals surface area contributed by atoms with Crippen LogP contribution in [-0.2, 0) is 9.59 Å². The molecule has 0 unspecified atom stereocenters. The van der Waals surface area contributed by atoms with Gasteiger partial charge in [0.15, 0.2) is 5.11 Å². The number of ether oxygens (including phenoxy) is 1. The summed E-state index contributed by atoms with van der Waals surface area (Å²) >= 11 is 4.84. The van der Waals surface area contributed by atoms with Crippen molar-refractivity contribution >= 4 is 40.9 Å². The van der Waals surface area contributed by atoms with Gasteiger partial charge in [0.1, 0.15) is 11.3 Å². The molecule has 0 saturated carbocycles. The van der Waals surface area contributed by atoms with Crippen molar-refractivity contribution in [2.24, 2.45) is 0 Å². The SMILES string of the molecule is COc1ccc([N+](=O)[O-])cc1/C=C1\C(=O)NC(=S)N(C)C1=O. The normalized spacial score (nSPS) is 16.7. The van der Waals surface area contributed by atoms with Crippen LogP contribution in [0.4, 0.5) is 5.69 Å². The minimum atomic E-state index is -0.665. The fourth-order valence-electron chi connectivity index (χ4n) is 1.85. The van der Waals surface area contributed by atoms with Crippen molar-refractivity contribution in [2.75, 3.05) is 14.2 Å². The van der Waals surface area contributed by atoms with Crippen molar-refractivity contribution in [1.29, 1.82) is 0 Å². The zero-order valence-corrected chi connectivity index (χ0v) is 12.5. The van der Waals surface area contributed by atoms with Crippen LogP contribution in [0.25, 0.3) is 6.08 Å². The third-order valence-electron chi connectivity index (χ3n) is 3.03. The standard InChI is InChI=1S/C13H11N3O5S/c1-15-12(18)9(11(17)14-13(15)22)6-7-5-8(16(19)20)3-4-10(7)21-2/h3-6H,1-2H3,(H,14,17,22)/b9-6+. The van der Waals surface area contributed by atoms with Gasteiger partial charge in [-0.3, -0.25) is 29.9 Å². The number of rotatable bonds is 3. The van der Waals surface area contributed by atoms with E-state index in [1.54, 1.807) is 0 Å². The van der Waals surface area contributed by atoms with Crippen LogP contribution in [0.2, 0.25) is 0 Å². The molecule has 1 aliphatic heterocycles. The summed E-state index contributed by atoms with van der Waals surface area (Å²) < 4.78 is 5.09. The van der Waals surface area contributed by atoms with Crippen LogP contribution in [0.5, 0.6) is 5.75 Å². The molecular weight excluding hydrogens is 310 g/mol. The molecule has 22 heavy (non-hydrogen) atoms. The summed E-state index contributed by atoms with van der Waals surface area (Å²) in [6, 6.07) is 3.88. The summed E-state index contributed by atoms with van der Waals surface area (Å²) in [4.78, 5) is 35.4. The Bertz CT molecular complexity index is 728. The number of methoxy groups -OCH3 is 1. The van der Waals surface area contributed by atoms with Crippen molar-refractivity contribution in [3.8, 4) is 5.75 Å². The predicted molar refractivity (Wildman–Crippen MR) is 81.1 cm³/mol. The molecule has 1 aromatic rings. The van der Waals surface area contributed by atoms with Gasteiger partial charge in [-0.25, -0.2) is 0 Å². The second kappa shape index (κ2) is 5.90. The minimum absolute atomic E-state index is 0.00171. The number of nitrogens with zero attached hydrogens (tertiary/aromatic N) is 2. The number of nitro groups is 1. The number of carbonyl (C=O) groups excluding carboxylic acids is 2.